The molecule has 0 saturated carbocycles. The van der Waals surface area contributed by atoms with Gasteiger partial charge < -0.3 is 15.4 Å². The largest absolute Gasteiger partial charge is 0.379 e. The molecule has 7 nitrogen and oxygen atoms in total. The normalized spacial score (nSPS) is 22.4. The van der Waals surface area contributed by atoms with Crippen LogP contribution in [0.15, 0.2) is 12.3 Å². The number of morpholine rings is 1. The predicted octanol–water partition coefficient (Wildman–Crippen LogP) is 0.650. The molecule has 134 valence electrons. The fourth-order valence-corrected chi connectivity index (χ4v) is 3.30. The van der Waals surface area contributed by atoms with Crippen molar-refractivity contribution in [1.82, 2.24) is 25.3 Å². The molecular formula is C17H29N5O2. The maximum Gasteiger partial charge on any atom is 0.271 e. The molecule has 2 N–H and O–H groups in total. The van der Waals surface area contributed by atoms with Crippen molar-refractivity contribution in [3.8, 4) is 0 Å². The van der Waals surface area contributed by atoms with Crippen molar-refractivity contribution < 1.29 is 9.53 Å². The number of unbranched alkanes of at least 4 members (excludes halogenated alkanes) is 1. The fourth-order valence-electron chi connectivity index (χ4n) is 3.30. The van der Waals surface area contributed by atoms with Crippen LogP contribution in [-0.2, 0) is 4.74 Å². The summed E-state index contributed by atoms with van der Waals surface area (Å²) in [4.78, 5) is 14.6. The summed E-state index contributed by atoms with van der Waals surface area (Å²) in [5, 5.41) is 10.8. The Labute approximate surface area is 143 Å². The lowest BCUT2D eigenvalue weighted by molar-refractivity contribution is 0.0372. The van der Waals surface area contributed by atoms with E-state index >= 15 is 0 Å². The molecule has 1 unspecified atom stereocenters. The van der Waals surface area contributed by atoms with E-state index in [4.69, 9.17) is 4.74 Å². The van der Waals surface area contributed by atoms with Crippen molar-refractivity contribution in [1.29, 1.82) is 0 Å². The molecule has 0 aliphatic carbocycles. The number of carbonyl (C=O) groups is 1. The maximum atomic E-state index is 12.2. The van der Waals surface area contributed by atoms with E-state index in [2.05, 4.69) is 20.6 Å². The van der Waals surface area contributed by atoms with Crippen molar-refractivity contribution in [2.75, 3.05) is 52.5 Å². The molecule has 0 aromatic carbocycles. The highest BCUT2D eigenvalue weighted by Crippen LogP contribution is 2.15. The predicted molar refractivity (Wildman–Crippen MR) is 92.2 cm³/mol. The van der Waals surface area contributed by atoms with E-state index < -0.39 is 0 Å². The first-order valence-corrected chi connectivity index (χ1v) is 9.17. The summed E-state index contributed by atoms with van der Waals surface area (Å²) < 4.78 is 7.27. The van der Waals surface area contributed by atoms with E-state index in [9.17, 15) is 4.79 Å². The Hall–Kier alpha value is -1.44. The zero-order valence-corrected chi connectivity index (χ0v) is 14.4. The number of hydrogen-bond donors (Lipinski definition) is 2. The van der Waals surface area contributed by atoms with Crippen LogP contribution in [0.3, 0.4) is 0 Å². The van der Waals surface area contributed by atoms with Crippen LogP contribution in [0, 0.1) is 0 Å². The average molecular weight is 335 g/mol. The van der Waals surface area contributed by atoms with Crippen molar-refractivity contribution in [3.63, 3.8) is 0 Å². The van der Waals surface area contributed by atoms with Gasteiger partial charge >= 0.3 is 0 Å². The maximum absolute atomic E-state index is 12.2. The number of nitrogens with one attached hydrogen (secondary N) is 2. The summed E-state index contributed by atoms with van der Waals surface area (Å²) in [6, 6.07) is 2.19. The standard InChI is InChI=1S/C17H29N5O2/c23-17(19-7-1-2-8-21-10-12-24-13-11-21)16-5-9-22(20-16)15-4-3-6-18-14-15/h5,9,15,18H,1-4,6-8,10-14H2,(H,19,23). The smallest absolute Gasteiger partial charge is 0.271 e. The minimum atomic E-state index is -0.0658. The number of amides is 1. The number of hydrogen-bond acceptors (Lipinski definition) is 5. The number of aromatic nitrogens is 2. The monoisotopic (exact) mass is 335 g/mol. The summed E-state index contributed by atoms with van der Waals surface area (Å²) in [5.41, 5.74) is 0.522. The Balaban J connectivity index is 1.33. The summed E-state index contributed by atoms with van der Waals surface area (Å²) in [7, 11) is 0. The van der Waals surface area contributed by atoms with Crippen molar-refractivity contribution in [2.24, 2.45) is 0 Å². The van der Waals surface area contributed by atoms with Crippen LogP contribution in [0.5, 0.6) is 0 Å². The van der Waals surface area contributed by atoms with Gasteiger partial charge in [-0.2, -0.15) is 5.10 Å². The zero-order chi connectivity index (χ0) is 16.6. The quantitative estimate of drug-likeness (QED) is 0.716. The van der Waals surface area contributed by atoms with Gasteiger partial charge in [-0.25, -0.2) is 0 Å². The molecule has 1 aromatic rings. The van der Waals surface area contributed by atoms with Crippen molar-refractivity contribution in [3.05, 3.63) is 18.0 Å². The van der Waals surface area contributed by atoms with Crippen LogP contribution in [0.2, 0.25) is 0 Å². The first-order chi connectivity index (χ1) is 11.8. The lowest BCUT2D eigenvalue weighted by atomic mass is 10.1. The van der Waals surface area contributed by atoms with E-state index in [1.807, 2.05) is 16.9 Å². The van der Waals surface area contributed by atoms with Gasteiger partial charge in [-0.05, 0) is 44.8 Å². The molecular weight excluding hydrogens is 306 g/mol. The highest BCUT2D eigenvalue weighted by molar-refractivity contribution is 5.92. The second-order valence-electron chi connectivity index (χ2n) is 6.60. The van der Waals surface area contributed by atoms with Gasteiger partial charge in [-0.3, -0.25) is 14.4 Å². The van der Waals surface area contributed by atoms with E-state index in [0.717, 1.165) is 71.6 Å². The molecule has 1 amide bonds. The Morgan fingerprint density at radius 1 is 1.38 bits per heavy atom. The number of rotatable bonds is 7. The van der Waals surface area contributed by atoms with Crippen LogP contribution >= 0.6 is 0 Å². The van der Waals surface area contributed by atoms with Crippen LogP contribution in [0.1, 0.15) is 42.2 Å². The minimum absolute atomic E-state index is 0.0658. The van der Waals surface area contributed by atoms with Gasteiger partial charge in [0.2, 0.25) is 0 Å². The van der Waals surface area contributed by atoms with E-state index in [1.54, 1.807) is 0 Å². The molecule has 3 heterocycles. The number of piperidine rings is 1. The zero-order valence-electron chi connectivity index (χ0n) is 14.4. The molecule has 2 aliphatic rings. The number of ether oxygens (including phenoxy) is 1. The third-order valence-corrected chi connectivity index (χ3v) is 4.78. The van der Waals surface area contributed by atoms with Crippen LogP contribution in [0.25, 0.3) is 0 Å². The van der Waals surface area contributed by atoms with Gasteiger partial charge in [0.15, 0.2) is 0 Å². The number of carbonyl (C=O) groups excluding carboxylic acids is 1. The third-order valence-electron chi connectivity index (χ3n) is 4.78. The lowest BCUT2D eigenvalue weighted by Gasteiger charge is -2.26. The Morgan fingerprint density at radius 2 is 2.25 bits per heavy atom. The molecule has 2 fully saturated rings. The SMILES string of the molecule is O=C(NCCCCN1CCOCC1)c1ccn(C2CCCNC2)n1. The van der Waals surface area contributed by atoms with Gasteiger partial charge in [0.05, 0.1) is 19.3 Å². The van der Waals surface area contributed by atoms with Crippen LogP contribution < -0.4 is 10.6 Å². The fraction of sp³-hybridized carbons (Fsp3) is 0.765. The third kappa shape index (κ3) is 5.03. The van der Waals surface area contributed by atoms with Gasteiger partial charge in [0.1, 0.15) is 5.69 Å². The first kappa shape index (κ1) is 17.4. The summed E-state index contributed by atoms with van der Waals surface area (Å²) in [6.45, 7) is 7.55. The first-order valence-electron chi connectivity index (χ1n) is 9.17. The average Bonchev–Trinajstić information content (AvgIpc) is 3.13. The molecule has 0 bridgehead atoms. The van der Waals surface area contributed by atoms with E-state index in [0.29, 0.717) is 18.3 Å². The second-order valence-corrected chi connectivity index (χ2v) is 6.60. The Morgan fingerprint density at radius 3 is 3.04 bits per heavy atom. The molecule has 2 saturated heterocycles. The minimum Gasteiger partial charge on any atom is -0.379 e. The highest BCUT2D eigenvalue weighted by atomic mass is 16.5. The molecule has 3 rings (SSSR count). The molecule has 0 spiro atoms. The van der Waals surface area contributed by atoms with Crippen LogP contribution in [0.4, 0.5) is 0 Å². The molecule has 1 aromatic heterocycles. The summed E-state index contributed by atoms with van der Waals surface area (Å²) >= 11 is 0. The van der Waals surface area contributed by atoms with Gasteiger partial charge in [-0.15, -0.1) is 0 Å². The summed E-state index contributed by atoms with van der Waals surface area (Å²) in [5.74, 6) is -0.0658. The topological polar surface area (TPSA) is 71.4 Å². The molecule has 1 atom stereocenters. The van der Waals surface area contributed by atoms with E-state index in [-0.39, 0.29) is 5.91 Å². The van der Waals surface area contributed by atoms with E-state index in [1.165, 1.54) is 0 Å². The molecule has 2 aliphatic heterocycles. The van der Waals surface area contributed by atoms with Crippen molar-refractivity contribution in [2.45, 2.75) is 31.7 Å². The molecule has 0 radical (unpaired) electrons. The van der Waals surface area contributed by atoms with Crippen molar-refractivity contribution >= 4 is 5.91 Å². The summed E-state index contributed by atoms with van der Waals surface area (Å²) in [6.07, 6.45) is 6.30. The highest BCUT2D eigenvalue weighted by Gasteiger charge is 2.17. The number of nitrogens with zero attached hydrogens (tertiary/aromatic N) is 3. The van der Waals surface area contributed by atoms with Gasteiger partial charge in [0.25, 0.3) is 5.91 Å². The Bertz CT molecular complexity index is 507. The van der Waals surface area contributed by atoms with Gasteiger partial charge in [-0.1, -0.05) is 0 Å². The van der Waals surface area contributed by atoms with Crippen LogP contribution in [-0.4, -0.2) is 73.1 Å². The second kappa shape index (κ2) is 9.15. The lowest BCUT2D eigenvalue weighted by Crippen LogP contribution is -2.37. The molecule has 7 heteroatoms. The molecule has 24 heavy (non-hydrogen) atoms. The Kier molecular flexibility index (Phi) is 6.63. The van der Waals surface area contributed by atoms with Gasteiger partial charge in [0, 0.05) is 32.4 Å².